The highest BCUT2D eigenvalue weighted by atomic mass is 19.4. The van der Waals surface area contributed by atoms with E-state index in [1.165, 1.54) is 12.5 Å². The largest absolute Gasteiger partial charge is 0.490 e. The van der Waals surface area contributed by atoms with E-state index >= 15 is 0 Å². The van der Waals surface area contributed by atoms with Gasteiger partial charge in [0.15, 0.2) is 5.78 Å². The van der Waals surface area contributed by atoms with Gasteiger partial charge in [0.2, 0.25) is 17.7 Å². The second kappa shape index (κ2) is 24.1. The highest BCUT2D eigenvalue weighted by Crippen LogP contribution is 2.20. The molecule has 0 aliphatic heterocycles. The lowest BCUT2D eigenvalue weighted by molar-refractivity contribution is -0.192. The Morgan fingerprint density at radius 1 is 0.758 bits per heavy atom. The number of carboxylic acids is 1. The van der Waals surface area contributed by atoms with E-state index in [0.717, 1.165) is 25.1 Å². The number of carbonyl (C=O) groups is 8. The lowest BCUT2D eigenvalue weighted by Crippen LogP contribution is -2.58. The number of methoxy groups -OCH3 is 2. The molecule has 4 rings (SSSR count). The normalized spacial score (nSPS) is 12.8. The Labute approximate surface area is 349 Å². The number of alkyl carbamates (subject to hydrolysis) is 1. The predicted molar refractivity (Wildman–Crippen MR) is 206 cm³/mol. The average Bonchev–Trinajstić information content (AvgIpc) is 3.93. The molecule has 62 heavy (non-hydrogen) atoms. The Kier molecular flexibility index (Phi) is 19.0. The number of rotatable bonds is 20. The van der Waals surface area contributed by atoms with E-state index in [0.29, 0.717) is 16.8 Å². The first-order valence-corrected chi connectivity index (χ1v) is 18.4. The topological polar surface area (TPSA) is 277 Å². The summed E-state index contributed by atoms with van der Waals surface area (Å²) in [6.07, 6.45) is -3.19. The van der Waals surface area contributed by atoms with Crippen molar-refractivity contribution in [2.24, 2.45) is 0 Å². The van der Waals surface area contributed by atoms with Crippen molar-refractivity contribution in [1.82, 2.24) is 36.2 Å². The van der Waals surface area contributed by atoms with Crippen molar-refractivity contribution in [2.45, 2.75) is 69.1 Å². The molecule has 0 aliphatic rings. The van der Waals surface area contributed by atoms with Gasteiger partial charge < -0.3 is 50.6 Å². The number of H-pyrrole nitrogens is 2. The SMILES string of the molecule is COC(=O)CCC(NC(=O)C(Cc1c[nH]c2ccccc12)NC(=O)OCc1ccccc1)C(=O)NC(Cc1cnc[nH]1)C(=O)NC(CC(=O)OC)C(=O)CF.O=C(O)C(F)(F)F. The van der Waals surface area contributed by atoms with Gasteiger partial charge in [-0.25, -0.2) is 19.0 Å². The molecule has 0 saturated carbocycles. The Balaban J connectivity index is 0.00000134. The van der Waals surface area contributed by atoms with Crippen LogP contribution in [0.15, 0.2) is 73.3 Å². The summed E-state index contributed by atoms with van der Waals surface area (Å²) in [6.45, 7) is -1.58. The van der Waals surface area contributed by atoms with Crippen LogP contribution in [0.3, 0.4) is 0 Å². The fourth-order valence-corrected chi connectivity index (χ4v) is 5.50. The summed E-state index contributed by atoms with van der Waals surface area (Å²) < 4.78 is 59.8. The number of Topliss-reactive ketones (excluding diaryl/α,β-unsaturated/α-hetero) is 1. The molecule has 0 aliphatic carbocycles. The molecular formula is C39H43F4N7O12. The zero-order valence-electron chi connectivity index (χ0n) is 33.1. The number of fused-ring (bicyclic) bond motifs is 1. The number of ether oxygens (including phenoxy) is 3. The number of benzene rings is 2. The Morgan fingerprint density at radius 3 is 1.94 bits per heavy atom. The van der Waals surface area contributed by atoms with E-state index in [1.807, 2.05) is 24.3 Å². The summed E-state index contributed by atoms with van der Waals surface area (Å²) in [4.78, 5) is 110. The number of para-hydroxylation sites is 1. The molecule has 0 bridgehead atoms. The van der Waals surface area contributed by atoms with Gasteiger partial charge in [-0.2, -0.15) is 13.2 Å². The third-order valence-corrected chi connectivity index (χ3v) is 8.71. The van der Waals surface area contributed by atoms with Crippen LogP contribution in [0.5, 0.6) is 0 Å². The second-order valence-corrected chi connectivity index (χ2v) is 13.1. The van der Waals surface area contributed by atoms with Gasteiger partial charge in [0.1, 0.15) is 37.4 Å². The highest BCUT2D eigenvalue weighted by Gasteiger charge is 2.38. The molecule has 4 aromatic rings. The molecule has 2 aromatic carbocycles. The molecule has 4 unspecified atom stereocenters. The molecule has 0 saturated heterocycles. The maximum atomic E-state index is 14.0. The molecule has 0 spiro atoms. The summed E-state index contributed by atoms with van der Waals surface area (Å²) in [5.74, 6) is -8.20. The first-order valence-electron chi connectivity index (χ1n) is 18.4. The zero-order valence-corrected chi connectivity index (χ0v) is 33.1. The number of aromatic nitrogens is 3. The van der Waals surface area contributed by atoms with E-state index in [-0.39, 0.29) is 32.3 Å². The number of nitrogens with zero attached hydrogens (tertiary/aromatic N) is 1. The number of aliphatic carboxylic acids is 1. The number of alkyl halides is 4. The number of carboxylic acid groups (broad SMARTS) is 1. The number of hydrogen-bond acceptors (Lipinski definition) is 12. The van der Waals surface area contributed by atoms with Gasteiger partial charge in [-0.05, 0) is 23.6 Å². The lowest BCUT2D eigenvalue weighted by atomic mass is 10.0. The first kappa shape index (κ1) is 49.0. The molecule has 2 aromatic heterocycles. The van der Waals surface area contributed by atoms with Gasteiger partial charge in [-0.1, -0.05) is 48.5 Å². The molecule has 4 atom stereocenters. The molecule has 0 radical (unpaired) electrons. The quantitative estimate of drug-likeness (QED) is 0.0381. The zero-order chi connectivity index (χ0) is 45.8. The highest BCUT2D eigenvalue weighted by molar-refractivity contribution is 5.97. The number of ketones is 1. The molecular weight excluding hydrogens is 834 g/mol. The van der Waals surface area contributed by atoms with Crippen LogP contribution in [0.1, 0.15) is 36.1 Å². The summed E-state index contributed by atoms with van der Waals surface area (Å²) in [5, 5.41) is 17.9. The molecule has 7 N–H and O–H groups in total. The van der Waals surface area contributed by atoms with E-state index in [2.05, 4.69) is 41.0 Å². The van der Waals surface area contributed by atoms with Gasteiger partial charge >= 0.3 is 30.2 Å². The monoisotopic (exact) mass is 877 g/mol. The molecule has 334 valence electrons. The number of imidazole rings is 1. The van der Waals surface area contributed by atoms with Crippen molar-refractivity contribution < 1.29 is 75.2 Å². The summed E-state index contributed by atoms with van der Waals surface area (Å²) >= 11 is 0. The minimum atomic E-state index is -5.08. The number of amides is 4. The molecule has 2 heterocycles. The first-order chi connectivity index (χ1) is 29.4. The fraction of sp³-hybridized carbons (Fsp3) is 0.359. The van der Waals surface area contributed by atoms with Crippen LogP contribution in [0.2, 0.25) is 0 Å². The van der Waals surface area contributed by atoms with Crippen LogP contribution in [-0.4, -0.2) is 119 Å². The lowest BCUT2D eigenvalue weighted by Gasteiger charge is -2.26. The van der Waals surface area contributed by atoms with Gasteiger partial charge in [0.25, 0.3) is 0 Å². The number of hydrogen-bond donors (Lipinski definition) is 7. The van der Waals surface area contributed by atoms with Crippen LogP contribution < -0.4 is 21.3 Å². The number of carbonyl (C=O) groups excluding carboxylic acids is 7. The van der Waals surface area contributed by atoms with Gasteiger partial charge in [0.05, 0.1) is 27.0 Å². The smallest absolute Gasteiger partial charge is 0.475 e. The van der Waals surface area contributed by atoms with Crippen LogP contribution in [0, 0.1) is 0 Å². The third-order valence-electron chi connectivity index (χ3n) is 8.71. The maximum Gasteiger partial charge on any atom is 0.490 e. The summed E-state index contributed by atoms with van der Waals surface area (Å²) in [5.41, 5.74) is 2.51. The molecule has 19 nitrogen and oxygen atoms in total. The van der Waals surface area contributed by atoms with E-state index in [4.69, 9.17) is 19.4 Å². The standard InChI is InChI=1S/C37H42FN7O10.C2HF3O2/c1-53-32(47)13-12-27(34(49)44-30(15-24-19-39-21-41-24)36(51)43-28(31(46)17-38)16-33(48)54-2)42-35(50)29(14-23-18-40-26-11-7-6-10-25(23)26)45-37(52)55-20-22-8-4-3-5-9-22;3-2(4,5)1(6)7/h3-11,18-19,21,27-30,40H,12-17,20H2,1-2H3,(H,39,41)(H,42,50)(H,43,51)(H,44,49)(H,45,52);(H,6,7). The second-order valence-electron chi connectivity index (χ2n) is 13.1. The number of aromatic amines is 2. The minimum absolute atomic E-state index is 0.0450. The Hall–Kier alpha value is -7.33. The van der Waals surface area contributed by atoms with Crippen molar-refractivity contribution in [3.05, 3.63) is 90.1 Å². The van der Waals surface area contributed by atoms with E-state index in [1.54, 1.807) is 36.5 Å². The van der Waals surface area contributed by atoms with Crippen molar-refractivity contribution in [2.75, 3.05) is 20.9 Å². The van der Waals surface area contributed by atoms with Gasteiger partial charge in [-0.15, -0.1) is 0 Å². The molecule has 0 fully saturated rings. The number of esters is 2. The summed E-state index contributed by atoms with van der Waals surface area (Å²) in [6, 6.07) is 10.3. The molecule has 23 heteroatoms. The van der Waals surface area contributed by atoms with Crippen LogP contribution in [0.4, 0.5) is 22.4 Å². The minimum Gasteiger partial charge on any atom is -0.475 e. The third kappa shape index (κ3) is 16.0. The van der Waals surface area contributed by atoms with Crippen molar-refractivity contribution >= 4 is 58.4 Å². The Bertz CT molecular complexity index is 2150. The summed E-state index contributed by atoms with van der Waals surface area (Å²) in [7, 11) is 2.20. The van der Waals surface area contributed by atoms with E-state index < -0.39 is 90.9 Å². The van der Waals surface area contributed by atoms with Crippen LogP contribution >= 0.6 is 0 Å². The van der Waals surface area contributed by atoms with Gasteiger partial charge in [0, 0.05) is 48.3 Å². The van der Waals surface area contributed by atoms with Gasteiger partial charge in [-0.3, -0.25) is 28.8 Å². The number of nitrogens with one attached hydrogen (secondary N) is 6. The fourth-order valence-electron chi connectivity index (χ4n) is 5.50. The Morgan fingerprint density at radius 2 is 1.34 bits per heavy atom. The average molecular weight is 878 g/mol. The maximum absolute atomic E-state index is 14.0. The molecule has 4 amide bonds. The van der Waals surface area contributed by atoms with Crippen LogP contribution in [0.25, 0.3) is 10.9 Å². The van der Waals surface area contributed by atoms with Crippen molar-refractivity contribution in [3.8, 4) is 0 Å². The van der Waals surface area contributed by atoms with Crippen molar-refractivity contribution in [3.63, 3.8) is 0 Å². The number of halogens is 4. The van der Waals surface area contributed by atoms with E-state index in [9.17, 15) is 51.1 Å². The van der Waals surface area contributed by atoms with Crippen LogP contribution in [-0.2, 0) is 67.2 Å². The predicted octanol–water partition coefficient (Wildman–Crippen LogP) is 2.11. The van der Waals surface area contributed by atoms with Crippen molar-refractivity contribution in [1.29, 1.82) is 0 Å².